The molecule has 1 amide bonds. The molecule has 0 atom stereocenters. The number of amides is 1. The zero-order chi connectivity index (χ0) is 19.9. The van der Waals surface area contributed by atoms with Gasteiger partial charge in [-0.2, -0.15) is 0 Å². The maximum Gasteiger partial charge on any atom is 0.253 e. The molecule has 4 heteroatoms. The Morgan fingerprint density at radius 1 is 1.04 bits per heavy atom. The quantitative estimate of drug-likeness (QED) is 0.536. The SMILES string of the molecule is CCCCCNC(=O)c1cc(-c2ccccc2)n(-c2cccc(OC)c2)c1C. The van der Waals surface area contributed by atoms with Crippen LogP contribution in [0.4, 0.5) is 0 Å². The second kappa shape index (κ2) is 9.27. The number of hydrogen-bond donors (Lipinski definition) is 1. The molecule has 1 N–H and O–H groups in total. The second-order valence-corrected chi connectivity index (χ2v) is 6.89. The van der Waals surface area contributed by atoms with E-state index in [1.54, 1.807) is 7.11 Å². The van der Waals surface area contributed by atoms with Crippen LogP contribution in [0.3, 0.4) is 0 Å². The van der Waals surface area contributed by atoms with E-state index in [0.29, 0.717) is 12.1 Å². The third-order valence-corrected chi connectivity index (χ3v) is 4.94. The van der Waals surface area contributed by atoms with E-state index in [-0.39, 0.29) is 5.91 Å². The Balaban J connectivity index is 2.04. The zero-order valence-corrected chi connectivity index (χ0v) is 16.9. The number of hydrogen-bond acceptors (Lipinski definition) is 2. The van der Waals surface area contributed by atoms with E-state index in [1.165, 1.54) is 0 Å². The third kappa shape index (κ3) is 4.28. The van der Waals surface area contributed by atoms with Gasteiger partial charge >= 0.3 is 0 Å². The van der Waals surface area contributed by atoms with Crippen LogP contribution in [0.15, 0.2) is 60.7 Å². The summed E-state index contributed by atoms with van der Waals surface area (Å²) >= 11 is 0. The van der Waals surface area contributed by atoms with Gasteiger partial charge in [0, 0.05) is 24.0 Å². The van der Waals surface area contributed by atoms with Crippen LogP contribution >= 0.6 is 0 Å². The van der Waals surface area contributed by atoms with Gasteiger partial charge in [0.15, 0.2) is 0 Å². The van der Waals surface area contributed by atoms with E-state index < -0.39 is 0 Å². The smallest absolute Gasteiger partial charge is 0.253 e. The number of nitrogens with zero attached hydrogens (tertiary/aromatic N) is 1. The number of carbonyl (C=O) groups excluding carboxylic acids is 1. The van der Waals surface area contributed by atoms with E-state index in [1.807, 2.05) is 55.5 Å². The zero-order valence-electron chi connectivity index (χ0n) is 16.9. The Kier molecular flexibility index (Phi) is 6.53. The standard InChI is InChI=1S/C24H28N2O2/c1-4-5-9-15-25-24(27)22-17-23(19-11-7-6-8-12-19)26(18(22)2)20-13-10-14-21(16-20)28-3/h6-8,10-14,16-17H,4-5,9,15H2,1-3H3,(H,25,27). The first-order chi connectivity index (χ1) is 13.7. The number of rotatable bonds is 8. The summed E-state index contributed by atoms with van der Waals surface area (Å²) in [7, 11) is 1.66. The van der Waals surface area contributed by atoms with Crippen molar-refractivity contribution in [3.05, 3.63) is 71.9 Å². The molecule has 1 aromatic heterocycles. The number of methoxy groups -OCH3 is 1. The molecule has 3 aromatic rings. The normalized spacial score (nSPS) is 10.7. The fraction of sp³-hybridized carbons (Fsp3) is 0.292. The van der Waals surface area contributed by atoms with Gasteiger partial charge < -0.3 is 14.6 Å². The summed E-state index contributed by atoms with van der Waals surface area (Å²) in [5.74, 6) is 0.766. The van der Waals surface area contributed by atoms with Crippen molar-refractivity contribution >= 4 is 5.91 Å². The Bertz CT molecular complexity index is 929. The van der Waals surface area contributed by atoms with Crippen LogP contribution in [0, 0.1) is 6.92 Å². The lowest BCUT2D eigenvalue weighted by Gasteiger charge is -2.13. The van der Waals surface area contributed by atoms with Crippen LogP contribution in [0.5, 0.6) is 5.75 Å². The van der Waals surface area contributed by atoms with Crippen molar-refractivity contribution < 1.29 is 9.53 Å². The number of nitrogens with one attached hydrogen (secondary N) is 1. The van der Waals surface area contributed by atoms with Crippen molar-refractivity contribution in [2.75, 3.05) is 13.7 Å². The van der Waals surface area contributed by atoms with Gasteiger partial charge in [-0.15, -0.1) is 0 Å². The molecule has 0 aliphatic carbocycles. The van der Waals surface area contributed by atoms with Crippen molar-refractivity contribution in [1.82, 2.24) is 9.88 Å². The number of aromatic nitrogens is 1. The number of unbranched alkanes of at least 4 members (excludes halogenated alkanes) is 2. The summed E-state index contributed by atoms with van der Waals surface area (Å²) in [5.41, 5.74) is 4.66. The summed E-state index contributed by atoms with van der Waals surface area (Å²) in [6.45, 7) is 4.86. The first-order valence-electron chi connectivity index (χ1n) is 9.86. The monoisotopic (exact) mass is 376 g/mol. The molecule has 0 spiro atoms. The van der Waals surface area contributed by atoms with Crippen molar-refractivity contribution in [3.8, 4) is 22.7 Å². The van der Waals surface area contributed by atoms with E-state index in [9.17, 15) is 4.79 Å². The minimum Gasteiger partial charge on any atom is -0.497 e. The highest BCUT2D eigenvalue weighted by Crippen LogP contribution is 2.30. The Labute approximate surface area is 167 Å². The van der Waals surface area contributed by atoms with Crippen molar-refractivity contribution in [1.29, 1.82) is 0 Å². The Morgan fingerprint density at radius 2 is 1.82 bits per heavy atom. The fourth-order valence-electron chi connectivity index (χ4n) is 3.41. The van der Waals surface area contributed by atoms with E-state index >= 15 is 0 Å². The lowest BCUT2D eigenvalue weighted by Crippen LogP contribution is -2.24. The molecule has 0 aliphatic rings. The summed E-state index contributed by atoms with van der Waals surface area (Å²) in [5, 5.41) is 3.06. The largest absolute Gasteiger partial charge is 0.497 e. The van der Waals surface area contributed by atoms with Crippen LogP contribution in [0.2, 0.25) is 0 Å². The van der Waals surface area contributed by atoms with Gasteiger partial charge in [0.05, 0.1) is 18.4 Å². The molecule has 146 valence electrons. The van der Waals surface area contributed by atoms with E-state index in [0.717, 1.165) is 47.7 Å². The molecule has 0 bridgehead atoms. The first kappa shape index (κ1) is 19.7. The summed E-state index contributed by atoms with van der Waals surface area (Å²) in [4.78, 5) is 12.8. The lowest BCUT2D eigenvalue weighted by atomic mass is 10.1. The molecule has 0 radical (unpaired) electrons. The third-order valence-electron chi connectivity index (χ3n) is 4.94. The molecule has 0 saturated heterocycles. The highest BCUT2D eigenvalue weighted by molar-refractivity contribution is 5.97. The molecule has 0 saturated carbocycles. The van der Waals surface area contributed by atoms with Gasteiger partial charge in [-0.05, 0) is 37.1 Å². The van der Waals surface area contributed by atoms with E-state index in [4.69, 9.17) is 4.74 Å². The molecule has 1 heterocycles. The highest BCUT2D eigenvalue weighted by atomic mass is 16.5. The lowest BCUT2D eigenvalue weighted by molar-refractivity contribution is 0.0952. The molecular formula is C24H28N2O2. The molecule has 28 heavy (non-hydrogen) atoms. The predicted molar refractivity (Wildman–Crippen MR) is 114 cm³/mol. The van der Waals surface area contributed by atoms with Gasteiger partial charge in [0.1, 0.15) is 5.75 Å². The number of carbonyl (C=O) groups is 1. The van der Waals surface area contributed by atoms with Gasteiger partial charge in [-0.25, -0.2) is 0 Å². The van der Waals surface area contributed by atoms with Crippen molar-refractivity contribution in [2.45, 2.75) is 33.1 Å². The average Bonchev–Trinajstić information content (AvgIpc) is 3.09. The maximum atomic E-state index is 12.8. The Morgan fingerprint density at radius 3 is 2.54 bits per heavy atom. The fourth-order valence-corrected chi connectivity index (χ4v) is 3.41. The van der Waals surface area contributed by atoms with Gasteiger partial charge in [-0.3, -0.25) is 4.79 Å². The van der Waals surface area contributed by atoms with Crippen LogP contribution in [-0.2, 0) is 0 Å². The summed E-state index contributed by atoms with van der Waals surface area (Å²) in [6.07, 6.45) is 3.27. The minimum absolute atomic E-state index is 0.0209. The van der Waals surface area contributed by atoms with Crippen LogP contribution in [-0.4, -0.2) is 24.1 Å². The van der Waals surface area contributed by atoms with Crippen LogP contribution in [0.1, 0.15) is 42.2 Å². The molecule has 0 fully saturated rings. The maximum absolute atomic E-state index is 12.8. The Hall–Kier alpha value is -3.01. The molecule has 0 aliphatic heterocycles. The van der Waals surface area contributed by atoms with Gasteiger partial charge in [0.25, 0.3) is 5.91 Å². The average molecular weight is 377 g/mol. The first-order valence-corrected chi connectivity index (χ1v) is 9.86. The molecule has 2 aromatic carbocycles. The van der Waals surface area contributed by atoms with Crippen LogP contribution in [0.25, 0.3) is 16.9 Å². The predicted octanol–water partition coefficient (Wildman–Crippen LogP) is 5.38. The molecular weight excluding hydrogens is 348 g/mol. The molecule has 4 nitrogen and oxygen atoms in total. The number of benzene rings is 2. The van der Waals surface area contributed by atoms with Crippen molar-refractivity contribution in [2.24, 2.45) is 0 Å². The molecule has 0 unspecified atom stereocenters. The van der Waals surface area contributed by atoms with E-state index in [2.05, 4.69) is 28.9 Å². The topological polar surface area (TPSA) is 43.3 Å². The molecule has 3 rings (SSSR count). The summed E-state index contributed by atoms with van der Waals surface area (Å²) < 4.78 is 7.52. The van der Waals surface area contributed by atoms with Gasteiger partial charge in [0.2, 0.25) is 0 Å². The minimum atomic E-state index is -0.0209. The van der Waals surface area contributed by atoms with Crippen molar-refractivity contribution in [3.63, 3.8) is 0 Å². The number of ether oxygens (including phenoxy) is 1. The van der Waals surface area contributed by atoms with Crippen LogP contribution < -0.4 is 10.1 Å². The second-order valence-electron chi connectivity index (χ2n) is 6.89. The summed E-state index contributed by atoms with van der Waals surface area (Å²) in [6, 6.07) is 20.0. The van der Waals surface area contributed by atoms with Gasteiger partial charge in [-0.1, -0.05) is 56.2 Å². The highest BCUT2D eigenvalue weighted by Gasteiger charge is 2.19.